The van der Waals surface area contributed by atoms with Crippen LogP contribution in [0.3, 0.4) is 0 Å². The van der Waals surface area contributed by atoms with Gasteiger partial charge in [0, 0.05) is 25.6 Å². The first kappa shape index (κ1) is 22.7. The molecular formula is C24H30F3N3O2. The quantitative estimate of drug-likeness (QED) is 0.478. The number of hydrogen-bond acceptors (Lipinski definition) is 3. The van der Waals surface area contributed by atoms with Crippen LogP contribution in [0.4, 0.5) is 13.2 Å². The van der Waals surface area contributed by atoms with E-state index in [1.807, 2.05) is 12.1 Å². The third-order valence-electron chi connectivity index (χ3n) is 6.27. The van der Waals surface area contributed by atoms with Crippen LogP contribution < -0.4 is 10.6 Å². The second-order valence-corrected chi connectivity index (χ2v) is 8.69. The van der Waals surface area contributed by atoms with Crippen LogP contribution >= 0.6 is 0 Å². The van der Waals surface area contributed by atoms with Gasteiger partial charge in [-0.3, -0.25) is 0 Å². The molecular weight excluding hydrogens is 419 g/mol. The lowest BCUT2D eigenvalue weighted by molar-refractivity contribution is -0.137. The Morgan fingerprint density at radius 3 is 2.75 bits per heavy atom. The Morgan fingerprint density at radius 2 is 2.00 bits per heavy atom. The topological polar surface area (TPSA) is 58.8 Å². The number of rotatable bonds is 6. The standard InChI is InChI=1S/C24H30F3N3O2/c25-24(26,27)19-6-3-5-18(15-19)17-29-22(28-12-8-21-7-4-13-31-21)30-20-9-14-32-23(16-20)10-1-2-11-23/h3-7,13,15,20H,1-2,8-12,14,16-17H2,(H2,28,29,30). The van der Waals surface area contributed by atoms with Gasteiger partial charge in [-0.2, -0.15) is 13.2 Å². The number of guanidine groups is 1. The Morgan fingerprint density at radius 1 is 1.16 bits per heavy atom. The Labute approximate surface area is 186 Å². The molecule has 2 aliphatic rings. The number of alkyl halides is 3. The van der Waals surface area contributed by atoms with E-state index in [9.17, 15) is 13.2 Å². The first-order valence-electron chi connectivity index (χ1n) is 11.3. The SMILES string of the molecule is FC(F)(F)c1cccc(CN=C(NCCc2ccco2)NC2CCOC3(CCCC3)C2)c1. The zero-order valence-corrected chi connectivity index (χ0v) is 18.1. The minimum atomic E-state index is -4.36. The average molecular weight is 450 g/mol. The van der Waals surface area contributed by atoms with Crippen LogP contribution in [0.5, 0.6) is 0 Å². The number of aliphatic imine (C=N–C) groups is 1. The van der Waals surface area contributed by atoms with E-state index in [2.05, 4.69) is 15.6 Å². The van der Waals surface area contributed by atoms with Crippen LogP contribution in [-0.4, -0.2) is 30.8 Å². The molecule has 0 radical (unpaired) electrons. The molecule has 2 heterocycles. The summed E-state index contributed by atoms with van der Waals surface area (Å²) >= 11 is 0. The number of ether oxygens (including phenoxy) is 1. The van der Waals surface area contributed by atoms with Crippen molar-refractivity contribution in [2.24, 2.45) is 4.99 Å². The second-order valence-electron chi connectivity index (χ2n) is 8.69. The normalized spacial score (nSPS) is 21.1. The fraction of sp³-hybridized carbons (Fsp3) is 0.542. The van der Waals surface area contributed by atoms with Gasteiger partial charge in [0.25, 0.3) is 0 Å². The zero-order chi connectivity index (χ0) is 22.4. The molecule has 1 spiro atoms. The summed E-state index contributed by atoms with van der Waals surface area (Å²) in [6.07, 6.45) is 4.35. The number of benzene rings is 1. The first-order chi connectivity index (χ1) is 15.4. The van der Waals surface area contributed by atoms with Crippen molar-refractivity contribution in [1.29, 1.82) is 0 Å². The molecule has 1 aromatic carbocycles. The second kappa shape index (κ2) is 9.98. The maximum atomic E-state index is 13.0. The molecule has 1 aliphatic heterocycles. The van der Waals surface area contributed by atoms with E-state index < -0.39 is 11.7 Å². The number of halogens is 3. The highest BCUT2D eigenvalue weighted by Crippen LogP contribution is 2.40. The van der Waals surface area contributed by atoms with Crippen molar-refractivity contribution in [3.05, 3.63) is 59.5 Å². The molecule has 8 heteroatoms. The highest BCUT2D eigenvalue weighted by atomic mass is 19.4. The molecule has 1 aliphatic carbocycles. The number of nitrogens with zero attached hydrogens (tertiary/aromatic N) is 1. The van der Waals surface area contributed by atoms with Gasteiger partial charge >= 0.3 is 6.18 Å². The van der Waals surface area contributed by atoms with Gasteiger partial charge in [-0.05, 0) is 55.5 Å². The van der Waals surface area contributed by atoms with E-state index in [-0.39, 0.29) is 18.2 Å². The summed E-state index contributed by atoms with van der Waals surface area (Å²) in [4.78, 5) is 4.60. The summed E-state index contributed by atoms with van der Waals surface area (Å²) in [5.74, 6) is 1.47. The lowest BCUT2D eigenvalue weighted by atomic mass is 9.89. The molecule has 1 atom stereocenters. The molecule has 0 amide bonds. The average Bonchev–Trinajstić information content (AvgIpc) is 3.44. The van der Waals surface area contributed by atoms with Gasteiger partial charge in [0.1, 0.15) is 5.76 Å². The van der Waals surface area contributed by atoms with E-state index in [1.54, 1.807) is 12.3 Å². The molecule has 0 bridgehead atoms. The fourth-order valence-electron chi connectivity index (χ4n) is 4.64. The third kappa shape index (κ3) is 6.06. The highest BCUT2D eigenvalue weighted by molar-refractivity contribution is 5.80. The number of hydrogen-bond donors (Lipinski definition) is 2. The predicted molar refractivity (Wildman–Crippen MR) is 116 cm³/mol. The number of furan rings is 1. The summed E-state index contributed by atoms with van der Waals surface area (Å²) in [5, 5.41) is 6.82. The van der Waals surface area contributed by atoms with Crippen molar-refractivity contribution in [3.8, 4) is 0 Å². The lowest BCUT2D eigenvalue weighted by Crippen LogP contribution is -2.51. The lowest BCUT2D eigenvalue weighted by Gasteiger charge is -2.39. The monoisotopic (exact) mass is 449 g/mol. The molecule has 1 unspecified atom stereocenters. The van der Waals surface area contributed by atoms with E-state index >= 15 is 0 Å². The van der Waals surface area contributed by atoms with Crippen molar-refractivity contribution in [3.63, 3.8) is 0 Å². The fourth-order valence-corrected chi connectivity index (χ4v) is 4.64. The van der Waals surface area contributed by atoms with Crippen LogP contribution in [-0.2, 0) is 23.9 Å². The van der Waals surface area contributed by atoms with Gasteiger partial charge in [0.2, 0.25) is 0 Å². The van der Waals surface area contributed by atoms with Crippen molar-refractivity contribution in [2.75, 3.05) is 13.2 Å². The summed E-state index contributed by atoms with van der Waals surface area (Å²) < 4.78 is 50.6. The Bertz CT molecular complexity index is 890. The van der Waals surface area contributed by atoms with E-state index in [4.69, 9.17) is 9.15 Å². The molecule has 1 saturated carbocycles. The molecule has 2 fully saturated rings. The minimum Gasteiger partial charge on any atom is -0.469 e. The van der Waals surface area contributed by atoms with E-state index in [0.29, 0.717) is 31.1 Å². The summed E-state index contributed by atoms with van der Waals surface area (Å²) in [6.45, 7) is 1.48. The maximum absolute atomic E-state index is 13.0. The van der Waals surface area contributed by atoms with Crippen molar-refractivity contribution >= 4 is 5.96 Å². The van der Waals surface area contributed by atoms with Crippen LogP contribution in [0.1, 0.15) is 55.4 Å². The Hall–Kier alpha value is -2.48. The zero-order valence-electron chi connectivity index (χ0n) is 18.1. The minimum absolute atomic E-state index is 0.0315. The largest absolute Gasteiger partial charge is 0.469 e. The maximum Gasteiger partial charge on any atom is 0.416 e. The van der Waals surface area contributed by atoms with Gasteiger partial charge in [-0.25, -0.2) is 4.99 Å². The first-order valence-corrected chi connectivity index (χ1v) is 11.3. The van der Waals surface area contributed by atoms with E-state index in [1.165, 1.54) is 18.9 Å². The molecule has 4 rings (SSSR count). The van der Waals surface area contributed by atoms with Crippen molar-refractivity contribution < 1.29 is 22.3 Å². The van der Waals surface area contributed by atoms with Crippen LogP contribution in [0.25, 0.3) is 0 Å². The van der Waals surface area contributed by atoms with Gasteiger partial charge in [0.05, 0.1) is 24.0 Å². The van der Waals surface area contributed by atoms with Gasteiger partial charge in [-0.1, -0.05) is 25.0 Å². The number of nitrogens with one attached hydrogen (secondary N) is 2. The highest BCUT2D eigenvalue weighted by Gasteiger charge is 2.40. The van der Waals surface area contributed by atoms with Gasteiger partial charge in [0.15, 0.2) is 5.96 Å². The Balaban J connectivity index is 1.43. The molecule has 1 saturated heterocycles. The van der Waals surface area contributed by atoms with Crippen LogP contribution in [0, 0.1) is 0 Å². The molecule has 5 nitrogen and oxygen atoms in total. The van der Waals surface area contributed by atoms with Gasteiger partial charge in [-0.15, -0.1) is 0 Å². The molecule has 1 aromatic heterocycles. The van der Waals surface area contributed by atoms with Crippen molar-refractivity contribution in [2.45, 2.75) is 69.3 Å². The van der Waals surface area contributed by atoms with Gasteiger partial charge < -0.3 is 19.8 Å². The molecule has 32 heavy (non-hydrogen) atoms. The summed E-state index contributed by atoms with van der Waals surface area (Å²) in [6, 6.07) is 9.31. The molecule has 2 aromatic rings. The summed E-state index contributed by atoms with van der Waals surface area (Å²) in [5.41, 5.74) is -0.166. The smallest absolute Gasteiger partial charge is 0.416 e. The van der Waals surface area contributed by atoms with Crippen molar-refractivity contribution in [1.82, 2.24) is 10.6 Å². The summed E-state index contributed by atoms with van der Waals surface area (Å²) in [7, 11) is 0. The molecule has 2 N–H and O–H groups in total. The predicted octanol–water partition coefficient (Wildman–Crippen LogP) is 5.07. The van der Waals surface area contributed by atoms with Crippen LogP contribution in [0.2, 0.25) is 0 Å². The van der Waals surface area contributed by atoms with Crippen LogP contribution in [0.15, 0.2) is 52.1 Å². The van der Waals surface area contributed by atoms with E-state index in [0.717, 1.165) is 43.6 Å². The molecule has 174 valence electrons. The third-order valence-corrected chi connectivity index (χ3v) is 6.27. The Kier molecular flexibility index (Phi) is 7.08.